The van der Waals surface area contributed by atoms with Gasteiger partial charge in [0.2, 0.25) is 0 Å². The van der Waals surface area contributed by atoms with Crippen LogP contribution in [0.25, 0.3) is 0 Å². The molecule has 3 heteroatoms. The first-order valence-corrected chi connectivity index (χ1v) is 7.32. The van der Waals surface area contributed by atoms with E-state index >= 15 is 0 Å². The van der Waals surface area contributed by atoms with Gasteiger partial charge in [0.1, 0.15) is 13.2 Å². The Hall–Kier alpha value is -2.29. The van der Waals surface area contributed by atoms with Crippen LogP contribution < -0.4 is 9.47 Å². The van der Waals surface area contributed by atoms with Gasteiger partial charge in [-0.05, 0) is 41.7 Å². The van der Waals surface area contributed by atoms with E-state index < -0.39 is 0 Å². The molecule has 0 spiro atoms. The summed E-state index contributed by atoms with van der Waals surface area (Å²) in [7, 11) is 0. The Labute approximate surface area is 123 Å². The molecule has 0 amide bonds. The number of ketones is 1. The monoisotopic (exact) mass is 280 g/mol. The fourth-order valence-electron chi connectivity index (χ4n) is 3.10. The number of benzene rings is 2. The van der Waals surface area contributed by atoms with E-state index in [0.717, 1.165) is 12.2 Å². The third-order valence-electron chi connectivity index (χ3n) is 4.26. The van der Waals surface area contributed by atoms with Crippen LogP contribution >= 0.6 is 0 Å². The summed E-state index contributed by atoms with van der Waals surface area (Å²) < 4.78 is 11.0. The number of hydrogen-bond acceptors (Lipinski definition) is 3. The Balaban J connectivity index is 1.51. The van der Waals surface area contributed by atoms with E-state index in [1.54, 1.807) is 6.07 Å². The first-order chi connectivity index (χ1) is 10.3. The quantitative estimate of drug-likeness (QED) is 0.809. The van der Waals surface area contributed by atoms with E-state index in [9.17, 15) is 4.79 Å². The number of carbonyl (C=O) groups excluding carboxylic acids is 1. The molecule has 0 aromatic heterocycles. The summed E-state index contributed by atoms with van der Waals surface area (Å²) in [6.45, 7) is 1.11. The second kappa shape index (κ2) is 4.92. The van der Waals surface area contributed by atoms with Gasteiger partial charge in [0, 0.05) is 12.0 Å². The SMILES string of the molecule is O=C(CC1Cc2ccccc21)c1ccc2c(c1)OCCO2. The van der Waals surface area contributed by atoms with Gasteiger partial charge in [0.25, 0.3) is 0 Å². The van der Waals surface area contributed by atoms with Gasteiger partial charge in [-0.3, -0.25) is 4.79 Å². The minimum absolute atomic E-state index is 0.173. The van der Waals surface area contributed by atoms with Crippen LogP contribution in [0.15, 0.2) is 42.5 Å². The van der Waals surface area contributed by atoms with Crippen molar-refractivity contribution in [3.8, 4) is 11.5 Å². The lowest BCUT2D eigenvalue weighted by Crippen LogP contribution is -2.20. The predicted octanol–water partition coefficient (Wildman–Crippen LogP) is 3.37. The second-order valence-corrected chi connectivity index (χ2v) is 5.59. The molecule has 2 aromatic rings. The molecule has 106 valence electrons. The van der Waals surface area contributed by atoms with Crippen molar-refractivity contribution in [2.45, 2.75) is 18.8 Å². The Morgan fingerprint density at radius 1 is 1.05 bits per heavy atom. The Kier molecular flexibility index (Phi) is 2.92. The van der Waals surface area contributed by atoms with Crippen LogP contribution in [0.1, 0.15) is 33.8 Å². The van der Waals surface area contributed by atoms with Crippen molar-refractivity contribution in [3.63, 3.8) is 0 Å². The van der Waals surface area contributed by atoms with Gasteiger partial charge in [-0.1, -0.05) is 24.3 Å². The third kappa shape index (κ3) is 2.19. The lowest BCUT2D eigenvalue weighted by Gasteiger charge is -2.29. The fourth-order valence-corrected chi connectivity index (χ4v) is 3.10. The maximum absolute atomic E-state index is 12.4. The highest BCUT2D eigenvalue weighted by Gasteiger charge is 2.28. The molecule has 0 N–H and O–H groups in total. The number of Topliss-reactive ketones (excluding diaryl/α,β-unsaturated/α-hetero) is 1. The average molecular weight is 280 g/mol. The first kappa shape index (κ1) is 12.5. The lowest BCUT2D eigenvalue weighted by molar-refractivity contribution is 0.0969. The van der Waals surface area contributed by atoms with Crippen LogP contribution in [0.5, 0.6) is 11.5 Å². The summed E-state index contributed by atoms with van der Waals surface area (Å²) in [4.78, 5) is 12.4. The molecule has 0 saturated carbocycles. The summed E-state index contributed by atoms with van der Waals surface area (Å²) in [5.41, 5.74) is 3.41. The standard InChI is InChI=1S/C18H16O3/c19-16(10-14-9-12-3-1-2-4-15(12)14)13-5-6-17-18(11-13)21-8-7-20-17/h1-6,11,14H,7-10H2. The van der Waals surface area contributed by atoms with Crippen molar-refractivity contribution >= 4 is 5.78 Å². The van der Waals surface area contributed by atoms with E-state index in [1.807, 2.05) is 18.2 Å². The summed E-state index contributed by atoms with van der Waals surface area (Å²) in [5.74, 6) is 1.95. The van der Waals surface area contributed by atoms with Gasteiger partial charge in [-0.15, -0.1) is 0 Å². The average Bonchev–Trinajstić information content (AvgIpc) is 2.52. The maximum Gasteiger partial charge on any atom is 0.163 e. The smallest absolute Gasteiger partial charge is 0.163 e. The molecule has 1 atom stereocenters. The Morgan fingerprint density at radius 2 is 1.86 bits per heavy atom. The minimum Gasteiger partial charge on any atom is -0.486 e. The van der Waals surface area contributed by atoms with Gasteiger partial charge >= 0.3 is 0 Å². The summed E-state index contributed by atoms with van der Waals surface area (Å²) >= 11 is 0. The van der Waals surface area contributed by atoms with Crippen LogP contribution in [0, 0.1) is 0 Å². The second-order valence-electron chi connectivity index (χ2n) is 5.59. The zero-order valence-electron chi connectivity index (χ0n) is 11.7. The van der Waals surface area contributed by atoms with Crippen LogP contribution in [0.3, 0.4) is 0 Å². The molecule has 3 nitrogen and oxygen atoms in total. The van der Waals surface area contributed by atoms with E-state index in [4.69, 9.17) is 9.47 Å². The number of carbonyl (C=O) groups is 1. The maximum atomic E-state index is 12.4. The Morgan fingerprint density at radius 3 is 2.71 bits per heavy atom. The van der Waals surface area contributed by atoms with Crippen LogP contribution in [-0.2, 0) is 6.42 Å². The number of rotatable bonds is 3. The number of hydrogen-bond donors (Lipinski definition) is 0. The molecule has 2 aromatic carbocycles. The normalized spacial score (nSPS) is 18.6. The van der Waals surface area contributed by atoms with Crippen LogP contribution in [0.4, 0.5) is 0 Å². The molecule has 2 aliphatic rings. The van der Waals surface area contributed by atoms with E-state index in [2.05, 4.69) is 18.2 Å². The largest absolute Gasteiger partial charge is 0.486 e. The van der Waals surface area contributed by atoms with Crippen LogP contribution in [0.2, 0.25) is 0 Å². The number of ether oxygens (including phenoxy) is 2. The lowest BCUT2D eigenvalue weighted by atomic mass is 9.74. The molecular weight excluding hydrogens is 264 g/mol. The first-order valence-electron chi connectivity index (χ1n) is 7.32. The van der Waals surface area contributed by atoms with Crippen molar-refractivity contribution < 1.29 is 14.3 Å². The summed E-state index contributed by atoms with van der Waals surface area (Å²) in [6, 6.07) is 13.8. The van der Waals surface area contributed by atoms with E-state index in [-0.39, 0.29) is 5.78 Å². The fraction of sp³-hybridized carbons (Fsp3) is 0.278. The van der Waals surface area contributed by atoms with Crippen molar-refractivity contribution in [2.75, 3.05) is 13.2 Å². The van der Waals surface area contributed by atoms with Gasteiger partial charge < -0.3 is 9.47 Å². The molecule has 1 aliphatic heterocycles. The van der Waals surface area contributed by atoms with Crippen molar-refractivity contribution in [1.82, 2.24) is 0 Å². The molecule has 0 fully saturated rings. The van der Waals surface area contributed by atoms with Crippen molar-refractivity contribution in [3.05, 3.63) is 59.2 Å². The molecule has 0 radical (unpaired) electrons. The molecule has 0 bridgehead atoms. The highest BCUT2D eigenvalue weighted by molar-refractivity contribution is 5.97. The molecular formula is C18H16O3. The predicted molar refractivity (Wildman–Crippen MR) is 79.3 cm³/mol. The van der Waals surface area contributed by atoms with E-state index in [1.165, 1.54) is 11.1 Å². The van der Waals surface area contributed by atoms with Crippen LogP contribution in [-0.4, -0.2) is 19.0 Å². The number of fused-ring (bicyclic) bond motifs is 2. The molecule has 1 unspecified atom stereocenters. The van der Waals surface area contributed by atoms with Gasteiger partial charge in [0.15, 0.2) is 17.3 Å². The highest BCUT2D eigenvalue weighted by atomic mass is 16.6. The van der Waals surface area contributed by atoms with E-state index in [0.29, 0.717) is 36.9 Å². The zero-order valence-corrected chi connectivity index (χ0v) is 11.7. The summed E-state index contributed by atoms with van der Waals surface area (Å²) in [5, 5.41) is 0. The Bertz CT molecular complexity index is 705. The minimum atomic E-state index is 0.173. The molecule has 4 rings (SSSR count). The topological polar surface area (TPSA) is 35.5 Å². The highest BCUT2D eigenvalue weighted by Crippen LogP contribution is 2.38. The summed E-state index contributed by atoms with van der Waals surface area (Å²) in [6.07, 6.45) is 1.57. The van der Waals surface area contributed by atoms with Crippen molar-refractivity contribution in [2.24, 2.45) is 0 Å². The molecule has 1 aliphatic carbocycles. The van der Waals surface area contributed by atoms with Gasteiger partial charge in [-0.2, -0.15) is 0 Å². The van der Waals surface area contributed by atoms with Gasteiger partial charge in [0.05, 0.1) is 0 Å². The zero-order chi connectivity index (χ0) is 14.2. The van der Waals surface area contributed by atoms with Gasteiger partial charge in [-0.25, -0.2) is 0 Å². The molecule has 1 heterocycles. The van der Waals surface area contributed by atoms with Crippen molar-refractivity contribution in [1.29, 1.82) is 0 Å². The third-order valence-corrected chi connectivity index (χ3v) is 4.26. The molecule has 0 saturated heterocycles. The molecule has 21 heavy (non-hydrogen) atoms.